The summed E-state index contributed by atoms with van der Waals surface area (Å²) < 4.78 is 0. The molecule has 1 heterocycles. The smallest absolute Gasteiger partial charge is 0.190 e. The van der Waals surface area contributed by atoms with Crippen LogP contribution in [0.2, 0.25) is 0 Å². The zero-order chi connectivity index (χ0) is 14.1. The van der Waals surface area contributed by atoms with Gasteiger partial charge in [-0.3, -0.25) is 4.99 Å². The lowest BCUT2D eigenvalue weighted by atomic mass is 10.2. The van der Waals surface area contributed by atoms with Crippen LogP contribution in [0, 0.1) is 13.8 Å². The Bertz CT molecular complexity index is 379. The third-order valence-electron chi connectivity index (χ3n) is 3.00. The first kappa shape index (κ1) is 16.0. The molecule has 0 radical (unpaired) electrons. The number of thiazole rings is 1. The topological polar surface area (TPSA) is 49.3 Å². The second-order valence-corrected chi connectivity index (χ2v) is 5.92. The maximum Gasteiger partial charge on any atom is 0.190 e. The van der Waals surface area contributed by atoms with Gasteiger partial charge in [-0.1, -0.05) is 19.8 Å². The molecule has 0 atom stereocenters. The van der Waals surface area contributed by atoms with Gasteiger partial charge in [-0.05, 0) is 20.3 Å². The highest BCUT2D eigenvalue weighted by atomic mass is 32.1. The van der Waals surface area contributed by atoms with Gasteiger partial charge in [0.25, 0.3) is 0 Å². The highest BCUT2D eigenvalue weighted by Crippen LogP contribution is 2.16. The quantitative estimate of drug-likeness (QED) is 0.459. The zero-order valence-corrected chi connectivity index (χ0v) is 13.4. The van der Waals surface area contributed by atoms with Gasteiger partial charge in [0, 0.05) is 31.4 Å². The summed E-state index contributed by atoms with van der Waals surface area (Å²) in [5.41, 5.74) is 1.15. The minimum atomic E-state index is 0.875. The summed E-state index contributed by atoms with van der Waals surface area (Å²) in [7, 11) is 1.81. The Morgan fingerprint density at radius 2 is 1.95 bits per heavy atom. The molecule has 108 valence electrons. The number of nitrogens with one attached hydrogen (secondary N) is 2. The van der Waals surface area contributed by atoms with Gasteiger partial charge in [0.05, 0.1) is 10.7 Å². The summed E-state index contributed by atoms with van der Waals surface area (Å²) >= 11 is 1.79. The van der Waals surface area contributed by atoms with E-state index in [-0.39, 0.29) is 0 Å². The van der Waals surface area contributed by atoms with Crippen molar-refractivity contribution in [3.8, 4) is 0 Å². The molecule has 4 nitrogen and oxygen atoms in total. The molecule has 0 aliphatic carbocycles. The van der Waals surface area contributed by atoms with Crippen molar-refractivity contribution in [1.29, 1.82) is 0 Å². The monoisotopic (exact) mass is 282 g/mol. The number of hydrogen-bond acceptors (Lipinski definition) is 3. The molecule has 19 heavy (non-hydrogen) atoms. The number of aliphatic imine (C=N–C) groups is 1. The van der Waals surface area contributed by atoms with Gasteiger partial charge in [0.1, 0.15) is 0 Å². The number of rotatable bonds is 7. The lowest BCUT2D eigenvalue weighted by Crippen LogP contribution is -2.38. The van der Waals surface area contributed by atoms with E-state index in [0.29, 0.717) is 0 Å². The Morgan fingerprint density at radius 3 is 2.53 bits per heavy atom. The molecule has 5 heteroatoms. The highest BCUT2D eigenvalue weighted by Gasteiger charge is 2.03. The van der Waals surface area contributed by atoms with Gasteiger partial charge in [0.15, 0.2) is 5.96 Å². The second kappa shape index (κ2) is 8.91. The molecule has 0 spiro atoms. The SMILES string of the molecule is CCCCCNC(=NC)NCCc1nc(C)c(C)s1. The minimum Gasteiger partial charge on any atom is -0.356 e. The number of hydrogen-bond donors (Lipinski definition) is 2. The number of aryl methyl sites for hydroxylation is 2. The van der Waals surface area contributed by atoms with Crippen LogP contribution in [0.3, 0.4) is 0 Å². The lowest BCUT2D eigenvalue weighted by Gasteiger charge is -2.10. The average molecular weight is 282 g/mol. The molecule has 1 rings (SSSR count). The van der Waals surface area contributed by atoms with Crippen LogP contribution in [0.4, 0.5) is 0 Å². The predicted octanol–water partition coefficient (Wildman–Crippen LogP) is 2.66. The largest absolute Gasteiger partial charge is 0.356 e. The molecule has 0 amide bonds. The molecule has 1 aromatic heterocycles. The molecule has 2 N–H and O–H groups in total. The van der Waals surface area contributed by atoms with Crippen LogP contribution in [0.5, 0.6) is 0 Å². The van der Waals surface area contributed by atoms with E-state index >= 15 is 0 Å². The summed E-state index contributed by atoms with van der Waals surface area (Å²) in [4.78, 5) is 10.1. The van der Waals surface area contributed by atoms with Gasteiger partial charge in [-0.15, -0.1) is 11.3 Å². The average Bonchev–Trinajstić information content (AvgIpc) is 2.71. The van der Waals surface area contributed by atoms with Crippen LogP contribution < -0.4 is 10.6 Å². The van der Waals surface area contributed by atoms with E-state index in [0.717, 1.165) is 31.2 Å². The molecule has 0 saturated heterocycles. The molecule has 0 unspecified atom stereocenters. The fourth-order valence-corrected chi connectivity index (χ4v) is 2.67. The number of aromatic nitrogens is 1. The van der Waals surface area contributed by atoms with E-state index < -0.39 is 0 Å². The first-order valence-electron chi connectivity index (χ1n) is 7.04. The van der Waals surface area contributed by atoms with Crippen LogP contribution in [0.1, 0.15) is 41.8 Å². The Balaban J connectivity index is 2.22. The molecule has 0 aliphatic rings. The molecule has 0 bridgehead atoms. The third kappa shape index (κ3) is 6.05. The summed E-state index contributed by atoms with van der Waals surface area (Å²) in [6, 6.07) is 0. The maximum absolute atomic E-state index is 4.54. The summed E-state index contributed by atoms with van der Waals surface area (Å²) in [5, 5.41) is 7.86. The van der Waals surface area contributed by atoms with E-state index in [4.69, 9.17) is 0 Å². The fraction of sp³-hybridized carbons (Fsp3) is 0.714. The number of guanidine groups is 1. The van der Waals surface area contributed by atoms with Gasteiger partial charge in [0.2, 0.25) is 0 Å². The Morgan fingerprint density at radius 1 is 1.21 bits per heavy atom. The van der Waals surface area contributed by atoms with Crippen LogP contribution in [-0.2, 0) is 6.42 Å². The Kier molecular flexibility index (Phi) is 7.48. The van der Waals surface area contributed by atoms with Crippen LogP contribution >= 0.6 is 11.3 Å². The summed E-state index contributed by atoms with van der Waals surface area (Å²) in [6.45, 7) is 8.27. The van der Waals surface area contributed by atoms with Crippen LogP contribution in [-0.4, -0.2) is 31.1 Å². The van der Waals surface area contributed by atoms with Crippen molar-refractivity contribution in [3.63, 3.8) is 0 Å². The molecule has 0 saturated carbocycles. The van der Waals surface area contributed by atoms with Gasteiger partial charge in [-0.2, -0.15) is 0 Å². The van der Waals surface area contributed by atoms with Gasteiger partial charge < -0.3 is 10.6 Å². The zero-order valence-electron chi connectivity index (χ0n) is 12.5. The lowest BCUT2D eigenvalue weighted by molar-refractivity contribution is 0.682. The van der Waals surface area contributed by atoms with Gasteiger partial charge >= 0.3 is 0 Å². The Hall–Kier alpha value is -1.10. The van der Waals surface area contributed by atoms with Crippen molar-refractivity contribution >= 4 is 17.3 Å². The predicted molar refractivity (Wildman–Crippen MR) is 84.2 cm³/mol. The first-order chi connectivity index (χ1) is 9.17. The van der Waals surface area contributed by atoms with E-state index in [1.807, 2.05) is 7.05 Å². The van der Waals surface area contributed by atoms with Crippen molar-refractivity contribution in [1.82, 2.24) is 15.6 Å². The number of nitrogens with zero attached hydrogens (tertiary/aromatic N) is 2. The molecule has 0 aliphatic heterocycles. The van der Waals surface area contributed by atoms with Crippen LogP contribution in [0.25, 0.3) is 0 Å². The molecule has 0 aromatic carbocycles. The molecular formula is C14H26N4S. The van der Waals surface area contributed by atoms with E-state index in [9.17, 15) is 0 Å². The van der Waals surface area contributed by atoms with E-state index in [1.165, 1.54) is 29.1 Å². The number of unbranched alkanes of at least 4 members (excludes halogenated alkanes) is 2. The fourth-order valence-electron chi connectivity index (χ4n) is 1.74. The van der Waals surface area contributed by atoms with Gasteiger partial charge in [-0.25, -0.2) is 4.98 Å². The Labute approximate surface area is 120 Å². The highest BCUT2D eigenvalue weighted by molar-refractivity contribution is 7.11. The molecule has 0 fully saturated rings. The minimum absolute atomic E-state index is 0.875. The van der Waals surface area contributed by atoms with E-state index in [1.54, 1.807) is 11.3 Å². The van der Waals surface area contributed by atoms with Crippen molar-refractivity contribution in [2.75, 3.05) is 20.1 Å². The third-order valence-corrected chi connectivity index (χ3v) is 4.13. The van der Waals surface area contributed by atoms with Crippen molar-refractivity contribution < 1.29 is 0 Å². The summed E-state index contributed by atoms with van der Waals surface area (Å²) in [6.07, 6.45) is 4.66. The second-order valence-electron chi connectivity index (χ2n) is 4.63. The van der Waals surface area contributed by atoms with E-state index in [2.05, 4.69) is 41.4 Å². The van der Waals surface area contributed by atoms with Crippen molar-refractivity contribution in [3.05, 3.63) is 15.6 Å². The normalized spacial score (nSPS) is 11.7. The summed E-state index contributed by atoms with van der Waals surface area (Å²) in [5.74, 6) is 0.890. The standard InChI is InChI=1S/C14H26N4S/c1-5-6-7-9-16-14(15-4)17-10-8-13-18-11(2)12(3)19-13/h5-10H2,1-4H3,(H2,15,16,17). The van der Waals surface area contributed by atoms with Crippen LogP contribution in [0.15, 0.2) is 4.99 Å². The van der Waals surface area contributed by atoms with Crippen molar-refractivity contribution in [2.45, 2.75) is 46.5 Å². The molecule has 1 aromatic rings. The van der Waals surface area contributed by atoms with Crippen molar-refractivity contribution in [2.24, 2.45) is 4.99 Å². The first-order valence-corrected chi connectivity index (χ1v) is 7.86. The maximum atomic E-state index is 4.54. The molecular weight excluding hydrogens is 256 g/mol.